The molecular formula is C20H28N4O2. The van der Waals surface area contributed by atoms with E-state index in [1.165, 1.54) is 6.42 Å². The molecule has 4 rings (SSSR count). The molecule has 0 aromatic carbocycles. The van der Waals surface area contributed by atoms with E-state index in [1.807, 2.05) is 35.0 Å². The first-order chi connectivity index (χ1) is 12.8. The molecule has 26 heavy (non-hydrogen) atoms. The van der Waals surface area contributed by atoms with Gasteiger partial charge in [-0.15, -0.1) is 0 Å². The van der Waals surface area contributed by atoms with Crippen LogP contribution in [0.5, 0.6) is 0 Å². The Bertz CT molecular complexity index is 705. The van der Waals surface area contributed by atoms with E-state index >= 15 is 0 Å². The topological polar surface area (TPSA) is 50.1 Å². The van der Waals surface area contributed by atoms with Gasteiger partial charge in [0.1, 0.15) is 5.65 Å². The molecule has 2 saturated heterocycles. The van der Waals surface area contributed by atoms with Crippen LogP contribution in [0.25, 0.3) is 5.65 Å². The summed E-state index contributed by atoms with van der Waals surface area (Å²) in [4.78, 5) is 22.1. The maximum atomic E-state index is 12.9. The Morgan fingerprint density at radius 1 is 1.19 bits per heavy atom. The van der Waals surface area contributed by atoms with Crippen LogP contribution in [0.4, 0.5) is 0 Å². The van der Waals surface area contributed by atoms with E-state index in [0.29, 0.717) is 18.9 Å². The number of carbonyl (C=O) groups is 1. The van der Waals surface area contributed by atoms with Crippen LogP contribution in [-0.2, 0) is 16.0 Å². The number of aryl methyl sites for hydroxylation is 1. The quantitative estimate of drug-likeness (QED) is 0.822. The van der Waals surface area contributed by atoms with Crippen molar-refractivity contribution in [2.45, 2.75) is 38.1 Å². The molecule has 0 radical (unpaired) electrons. The molecule has 6 nitrogen and oxygen atoms in total. The molecular weight excluding hydrogens is 328 g/mol. The van der Waals surface area contributed by atoms with Gasteiger partial charge in [0.05, 0.1) is 18.9 Å². The lowest BCUT2D eigenvalue weighted by Crippen LogP contribution is -2.51. The summed E-state index contributed by atoms with van der Waals surface area (Å²) in [5.41, 5.74) is 1.93. The number of ether oxygens (including phenoxy) is 1. The van der Waals surface area contributed by atoms with E-state index < -0.39 is 0 Å². The summed E-state index contributed by atoms with van der Waals surface area (Å²) in [5, 5.41) is 0. The summed E-state index contributed by atoms with van der Waals surface area (Å²) in [7, 11) is 0. The number of carbonyl (C=O) groups excluding carboxylic acids is 1. The summed E-state index contributed by atoms with van der Waals surface area (Å²) < 4.78 is 7.46. The fourth-order valence-corrected chi connectivity index (χ4v) is 4.09. The van der Waals surface area contributed by atoms with E-state index in [4.69, 9.17) is 4.74 Å². The molecule has 0 N–H and O–H groups in total. The number of amides is 1. The van der Waals surface area contributed by atoms with Crippen LogP contribution in [0.2, 0.25) is 0 Å². The van der Waals surface area contributed by atoms with Gasteiger partial charge in [-0.25, -0.2) is 4.98 Å². The van der Waals surface area contributed by atoms with Crippen LogP contribution in [0.1, 0.15) is 31.4 Å². The Kier molecular flexibility index (Phi) is 5.51. The number of morpholine rings is 1. The first kappa shape index (κ1) is 17.5. The number of imidazole rings is 1. The van der Waals surface area contributed by atoms with Gasteiger partial charge in [0, 0.05) is 51.0 Å². The van der Waals surface area contributed by atoms with Crippen molar-refractivity contribution in [3.05, 3.63) is 36.3 Å². The van der Waals surface area contributed by atoms with Gasteiger partial charge in [-0.1, -0.05) is 6.07 Å². The smallest absolute Gasteiger partial charge is 0.223 e. The van der Waals surface area contributed by atoms with Gasteiger partial charge < -0.3 is 14.0 Å². The first-order valence-electron chi connectivity index (χ1n) is 9.82. The molecule has 1 atom stereocenters. The normalized spacial score (nSPS) is 22.0. The minimum atomic E-state index is 0.278. The van der Waals surface area contributed by atoms with E-state index in [2.05, 4.69) is 14.8 Å². The minimum absolute atomic E-state index is 0.278. The fourth-order valence-electron chi connectivity index (χ4n) is 4.09. The third-order valence-corrected chi connectivity index (χ3v) is 5.53. The van der Waals surface area contributed by atoms with Crippen molar-refractivity contribution < 1.29 is 9.53 Å². The van der Waals surface area contributed by atoms with Crippen LogP contribution in [0.3, 0.4) is 0 Å². The highest BCUT2D eigenvalue weighted by Gasteiger charge is 2.28. The second-order valence-electron chi connectivity index (χ2n) is 7.35. The second-order valence-corrected chi connectivity index (χ2v) is 7.35. The highest BCUT2D eigenvalue weighted by atomic mass is 16.5. The molecule has 2 aliphatic heterocycles. The van der Waals surface area contributed by atoms with Crippen molar-refractivity contribution in [3.8, 4) is 0 Å². The third kappa shape index (κ3) is 4.07. The van der Waals surface area contributed by atoms with Crippen LogP contribution in [0.15, 0.2) is 30.6 Å². The summed E-state index contributed by atoms with van der Waals surface area (Å²) in [6, 6.07) is 6.33. The van der Waals surface area contributed by atoms with Crippen molar-refractivity contribution in [2.75, 3.05) is 39.4 Å². The van der Waals surface area contributed by atoms with Gasteiger partial charge in [0.2, 0.25) is 5.91 Å². The second kappa shape index (κ2) is 8.18. The number of aromatic nitrogens is 2. The number of rotatable bonds is 5. The lowest BCUT2D eigenvalue weighted by molar-refractivity contribution is -0.135. The predicted octanol–water partition coefficient (Wildman–Crippen LogP) is 1.98. The largest absolute Gasteiger partial charge is 0.379 e. The molecule has 0 unspecified atom stereocenters. The van der Waals surface area contributed by atoms with Gasteiger partial charge in [0.15, 0.2) is 0 Å². The molecule has 0 spiro atoms. The summed E-state index contributed by atoms with van der Waals surface area (Å²) in [5.74, 6) is 0.278. The van der Waals surface area contributed by atoms with Gasteiger partial charge in [0.25, 0.3) is 0 Å². The number of pyridine rings is 1. The number of likely N-dealkylation sites (tertiary alicyclic amines) is 1. The SMILES string of the molecule is O=C(CCc1cn2ccccc2n1)N1CCCC[C@@H]1CN1CCOCC1. The van der Waals surface area contributed by atoms with Crippen molar-refractivity contribution in [2.24, 2.45) is 0 Å². The number of nitrogens with zero attached hydrogens (tertiary/aromatic N) is 4. The van der Waals surface area contributed by atoms with Crippen molar-refractivity contribution in [1.29, 1.82) is 0 Å². The van der Waals surface area contributed by atoms with E-state index in [1.54, 1.807) is 0 Å². The van der Waals surface area contributed by atoms with E-state index in [0.717, 1.165) is 63.6 Å². The van der Waals surface area contributed by atoms with Gasteiger partial charge in [-0.2, -0.15) is 0 Å². The Morgan fingerprint density at radius 3 is 2.92 bits per heavy atom. The molecule has 0 bridgehead atoms. The Balaban J connectivity index is 1.35. The minimum Gasteiger partial charge on any atom is -0.379 e. The van der Waals surface area contributed by atoms with Crippen molar-refractivity contribution in [1.82, 2.24) is 19.2 Å². The highest BCUT2D eigenvalue weighted by Crippen LogP contribution is 2.20. The van der Waals surface area contributed by atoms with E-state index in [9.17, 15) is 4.79 Å². The van der Waals surface area contributed by atoms with Crippen LogP contribution >= 0.6 is 0 Å². The molecule has 6 heteroatoms. The Hall–Kier alpha value is -1.92. The molecule has 1 amide bonds. The zero-order chi connectivity index (χ0) is 17.8. The summed E-state index contributed by atoms with van der Waals surface area (Å²) in [6.07, 6.45) is 8.76. The van der Waals surface area contributed by atoms with Crippen LogP contribution in [-0.4, -0.2) is 70.5 Å². The number of hydrogen-bond acceptors (Lipinski definition) is 4. The zero-order valence-corrected chi connectivity index (χ0v) is 15.3. The van der Waals surface area contributed by atoms with Crippen LogP contribution in [0, 0.1) is 0 Å². The Labute approximate surface area is 154 Å². The average molecular weight is 356 g/mol. The lowest BCUT2D eigenvalue weighted by atomic mass is 10.0. The zero-order valence-electron chi connectivity index (χ0n) is 15.3. The molecule has 2 aromatic rings. The molecule has 4 heterocycles. The molecule has 140 valence electrons. The number of hydrogen-bond donors (Lipinski definition) is 0. The van der Waals surface area contributed by atoms with Crippen LogP contribution < -0.4 is 0 Å². The van der Waals surface area contributed by atoms with Crippen molar-refractivity contribution >= 4 is 11.6 Å². The van der Waals surface area contributed by atoms with Gasteiger partial charge >= 0.3 is 0 Å². The molecule has 2 aromatic heterocycles. The summed E-state index contributed by atoms with van der Waals surface area (Å²) in [6.45, 7) is 5.49. The fraction of sp³-hybridized carbons (Fsp3) is 0.600. The number of piperidine rings is 1. The first-order valence-corrected chi connectivity index (χ1v) is 9.82. The third-order valence-electron chi connectivity index (χ3n) is 5.53. The Morgan fingerprint density at radius 2 is 2.08 bits per heavy atom. The maximum absolute atomic E-state index is 12.9. The number of fused-ring (bicyclic) bond motifs is 1. The van der Waals surface area contributed by atoms with Crippen molar-refractivity contribution in [3.63, 3.8) is 0 Å². The summed E-state index contributed by atoms with van der Waals surface area (Å²) >= 11 is 0. The molecule has 2 aliphatic rings. The van der Waals surface area contributed by atoms with Gasteiger partial charge in [-0.3, -0.25) is 9.69 Å². The molecule has 2 fully saturated rings. The lowest BCUT2D eigenvalue weighted by Gasteiger charge is -2.39. The standard InChI is InChI=1S/C20H28N4O2/c25-20(8-7-17-15-23-9-3-2-6-19(23)21-17)24-10-4-1-5-18(24)16-22-11-13-26-14-12-22/h2-3,6,9,15,18H,1,4-5,7-8,10-14,16H2/t18-/m1/s1. The molecule has 0 aliphatic carbocycles. The van der Waals surface area contributed by atoms with E-state index in [-0.39, 0.29) is 5.91 Å². The monoisotopic (exact) mass is 356 g/mol. The average Bonchev–Trinajstić information content (AvgIpc) is 3.10. The predicted molar refractivity (Wildman–Crippen MR) is 100 cm³/mol. The maximum Gasteiger partial charge on any atom is 0.223 e. The molecule has 0 saturated carbocycles. The van der Waals surface area contributed by atoms with Gasteiger partial charge in [-0.05, 0) is 37.8 Å². The highest BCUT2D eigenvalue weighted by molar-refractivity contribution is 5.77.